The number of fused-ring (bicyclic) bond motifs is 1. The zero-order valence-corrected chi connectivity index (χ0v) is 17.3. The van der Waals surface area contributed by atoms with Crippen molar-refractivity contribution in [1.82, 2.24) is 15.2 Å². The summed E-state index contributed by atoms with van der Waals surface area (Å²) in [6.07, 6.45) is 0.456. The van der Waals surface area contributed by atoms with Crippen LogP contribution in [0.5, 0.6) is 0 Å². The van der Waals surface area contributed by atoms with E-state index in [1.54, 1.807) is 0 Å². The summed E-state index contributed by atoms with van der Waals surface area (Å²) < 4.78 is 36.0. The van der Waals surface area contributed by atoms with E-state index in [9.17, 15) is 4.79 Å². The predicted molar refractivity (Wildman–Crippen MR) is 113 cm³/mol. The number of H-pyrrole nitrogens is 1. The number of rotatable bonds is 4. The summed E-state index contributed by atoms with van der Waals surface area (Å²) in [4.78, 5) is 17.2. The van der Waals surface area contributed by atoms with Gasteiger partial charge < -0.3 is 19.9 Å². The Bertz CT molecular complexity index is 1090. The lowest BCUT2D eigenvalue weighted by Crippen LogP contribution is -2.41. The fourth-order valence-corrected chi connectivity index (χ4v) is 4.10. The van der Waals surface area contributed by atoms with Crippen molar-refractivity contribution in [2.75, 3.05) is 33.8 Å². The molecule has 2 heterocycles. The highest BCUT2D eigenvalue weighted by Crippen LogP contribution is 2.36. The van der Waals surface area contributed by atoms with Crippen molar-refractivity contribution in [1.29, 1.82) is 0 Å². The number of amides is 1. The van der Waals surface area contributed by atoms with Crippen LogP contribution >= 0.6 is 0 Å². The molecule has 1 unspecified atom stereocenters. The maximum absolute atomic E-state index is 15.0. The molecule has 2 aromatic carbocycles. The maximum Gasteiger partial charge on any atom is 0.251 e. The summed E-state index contributed by atoms with van der Waals surface area (Å²) in [5.74, 6) is -2.09. The predicted octanol–water partition coefficient (Wildman–Crippen LogP) is 3.65. The standard InChI is InChI=1S/C23H25F2N3O2/c1-13-4-5-16-17(11-15-12-28(3)6-7-30-15)22(27-20(16)8-13)21-18(24)9-14(10-19(21)25)23(29)26-2/h4-5,8-10,15,27H,6-7,11-12H2,1-3H3,(H,26,29). The van der Waals surface area contributed by atoms with Gasteiger partial charge in [0.2, 0.25) is 0 Å². The summed E-state index contributed by atoms with van der Waals surface area (Å²) in [5, 5.41) is 3.31. The second kappa shape index (κ2) is 8.16. The fourth-order valence-electron chi connectivity index (χ4n) is 4.10. The molecule has 0 spiro atoms. The molecule has 30 heavy (non-hydrogen) atoms. The number of aromatic nitrogens is 1. The number of ether oxygens (including phenoxy) is 1. The van der Waals surface area contributed by atoms with E-state index in [-0.39, 0.29) is 17.2 Å². The van der Waals surface area contributed by atoms with Gasteiger partial charge in [-0.15, -0.1) is 0 Å². The number of morpholine rings is 1. The third-order valence-corrected chi connectivity index (χ3v) is 5.62. The fraction of sp³-hybridized carbons (Fsp3) is 0.348. The zero-order valence-electron chi connectivity index (χ0n) is 17.3. The molecule has 0 aliphatic carbocycles. The van der Waals surface area contributed by atoms with Gasteiger partial charge in [0.25, 0.3) is 5.91 Å². The molecule has 7 heteroatoms. The molecule has 1 amide bonds. The summed E-state index contributed by atoms with van der Waals surface area (Å²) in [7, 11) is 3.46. The summed E-state index contributed by atoms with van der Waals surface area (Å²) in [6.45, 7) is 4.21. The van der Waals surface area contributed by atoms with Gasteiger partial charge in [0.15, 0.2) is 0 Å². The number of carbonyl (C=O) groups excluding carboxylic acids is 1. The Hall–Kier alpha value is -2.77. The first-order valence-corrected chi connectivity index (χ1v) is 10.00. The number of nitrogens with one attached hydrogen (secondary N) is 2. The average molecular weight is 413 g/mol. The van der Waals surface area contributed by atoms with E-state index in [0.29, 0.717) is 18.7 Å². The second-order valence-corrected chi connectivity index (χ2v) is 7.88. The Balaban J connectivity index is 1.85. The molecule has 1 fully saturated rings. The van der Waals surface area contributed by atoms with Crippen LogP contribution in [0.15, 0.2) is 30.3 Å². The number of nitrogens with zero attached hydrogens (tertiary/aromatic N) is 1. The van der Waals surface area contributed by atoms with Gasteiger partial charge >= 0.3 is 0 Å². The third kappa shape index (κ3) is 3.82. The van der Waals surface area contributed by atoms with Crippen LogP contribution in [-0.4, -0.2) is 55.7 Å². The third-order valence-electron chi connectivity index (χ3n) is 5.62. The number of hydrogen-bond donors (Lipinski definition) is 2. The maximum atomic E-state index is 15.0. The average Bonchev–Trinajstić information content (AvgIpc) is 3.03. The van der Waals surface area contributed by atoms with Crippen molar-refractivity contribution in [2.45, 2.75) is 19.4 Å². The largest absolute Gasteiger partial charge is 0.375 e. The highest BCUT2D eigenvalue weighted by atomic mass is 19.1. The van der Waals surface area contributed by atoms with E-state index in [4.69, 9.17) is 4.74 Å². The Labute approximate surface area is 174 Å². The molecule has 1 aliphatic heterocycles. The van der Waals surface area contributed by atoms with Crippen LogP contribution in [0.4, 0.5) is 8.78 Å². The molecule has 0 saturated carbocycles. The quantitative estimate of drug-likeness (QED) is 0.687. The number of carbonyl (C=O) groups is 1. The first kappa shape index (κ1) is 20.5. The first-order valence-electron chi connectivity index (χ1n) is 10.00. The van der Waals surface area contributed by atoms with Crippen molar-refractivity contribution in [3.63, 3.8) is 0 Å². The smallest absolute Gasteiger partial charge is 0.251 e. The van der Waals surface area contributed by atoms with Gasteiger partial charge in [-0.1, -0.05) is 12.1 Å². The van der Waals surface area contributed by atoms with Crippen LogP contribution in [0.3, 0.4) is 0 Å². The minimum absolute atomic E-state index is 0.0537. The van der Waals surface area contributed by atoms with Crippen LogP contribution in [0, 0.1) is 18.6 Å². The van der Waals surface area contributed by atoms with Gasteiger partial charge in [-0.3, -0.25) is 4.79 Å². The normalized spacial score (nSPS) is 17.4. The number of hydrogen-bond acceptors (Lipinski definition) is 3. The number of benzene rings is 2. The molecule has 5 nitrogen and oxygen atoms in total. The van der Waals surface area contributed by atoms with Crippen molar-refractivity contribution < 1.29 is 18.3 Å². The van der Waals surface area contributed by atoms with Crippen LogP contribution in [0.2, 0.25) is 0 Å². The molecule has 2 N–H and O–H groups in total. The van der Waals surface area contributed by atoms with E-state index < -0.39 is 17.5 Å². The van der Waals surface area contributed by atoms with Crippen molar-refractivity contribution in [3.05, 3.63) is 58.7 Å². The van der Waals surface area contributed by atoms with E-state index in [2.05, 4.69) is 15.2 Å². The monoisotopic (exact) mass is 413 g/mol. The van der Waals surface area contributed by atoms with Crippen LogP contribution in [0.25, 0.3) is 22.2 Å². The minimum Gasteiger partial charge on any atom is -0.375 e. The van der Waals surface area contributed by atoms with Crippen molar-refractivity contribution in [3.8, 4) is 11.3 Å². The van der Waals surface area contributed by atoms with E-state index >= 15 is 8.78 Å². The summed E-state index contributed by atoms with van der Waals surface area (Å²) in [5.41, 5.74) is 2.86. The lowest BCUT2D eigenvalue weighted by atomic mass is 9.97. The van der Waals surface area contributed by atoms with Gasteiger partial charge in [-0.25, -0.2) is 8.78 Å². The van der Waals surface area contributed by atoms with Gasteiger partial charge in [0.1, 0.15) is 11.6 Å². The Morgan fingerprint density at radius 2 is 2.00 bits per heavy atom. The lowest BCUT2D eigenvalue weighted by Gasteiger charge is -2.30. The Kier molecular flexibility index (Phi) is 5.58. The Morgan fingerprint density at radius 3 is 2.67 bits per heavy atom. The molecule has 1 aliphatic rings. The van der Waals surface area contributed by atoms with Crippen LogP contribution in [0.1, 0.15) is 21.5 Å². The van der Waals surface area contributed by atoms with Gasteiger partial charge in [-0.2, -0.15) is 0 Å². The van der Waals surface area contributed by atoms with E-state index in [0.717, 1.165) is 47.3 Å². The first-order chi connectivity index (χ1) is 14.4. The molecule has 1 saturated heterocycles. The molecule has 1 aromatic heterocycles. The number of aryl methyl sites for hydroxylation is 1. The van der Waals surface area contributed by atoms with Crippen molar-refractivity contribution >= 4 is 16.8 Å². The number of halogens is 2. The van der Waals surface area contributed by atoms with E-state index in [1.165, 1.54) is 7.05 Å². The van der Waals surface area contributed by atoms with Crippen LogP contribution in [-0.2, 0) is 11.2 Å². The topological polar surface area (TPSA) is 57.4 Å². The molecule has 0 radical (unpaired) electrons. The molecular formula is C23H25F2N3O2. The number of aromatic amines is 1. The summed E-state index contributed by atoms with van der Waals surface area (Å²) in [6, 6.07) is 8.07. The van der Waals surface area contributed by atoms with Crippen molar-refractivity contribution in [2.24, 2.45) is 0 Å². The molecule has 0 bridgehead atoms. The Morgan fingerprint density at radius 1 is 1.27 bits per heavy atom. The van der Waals surface area contributed by atoms with Gasteiger partial charge in [0.05, 0.1) is 24.0 Å². The van der Waals surface area contributed by atoms with Crippen LogP contribution < -0.4 is 5.32 Å². The number of likely N-dealkylation sites (N-methyl/N-ethyl adjacent to an activating group) is 1. The lowest BCUT2D eigenvalue weighted by molar-refractivity contribution is -0.0183. The molecule has 158 valence electrons. The zero-order chi connectivity index (χ0) is 21.4. The molecule has 1 atom stereocenters. The molecular weight excluding hydrogens is 388 g/mol. The molecule has 3 aromatic rings. The highest BCUT2D eigenvalue weighted by Gasteiger charge is 2.26. The second-order valence-electron chi connectivity index (χ2n) is 7.88. The molecule has 4 rings (SSSR count). The highest BCUT2D eigenvalue weighted by molar-refractivity contribution is 5.95. The van der Waals surface area contributed by atoms with Gasteiger partial charge in [-0.05, 0) is 43.3 Å². The minimum atomic E-state index is -0.778. The van der Waals surface area contributed by atoms with E-state index in [1.807, 2.05) is 32.2 Å². The van der Waals surface area contributed by atoms with Gasteiger partial charge in [0, 0.05) is 43.0 Å². The SMILES string of the molecule is CNC(=O)c1cc(F)c(-c2[nH]c3cc(C)ccc3c2CC2CN(C)CCO2)c(F)c1. The summed E-state index contributed by atoms with van der Waals surface area (Å²) >= 11 is 0.